The highest BCUT2D eigenvalue weighted by atomic mass is 35.5. The molecule has 0 unspecified atom stereocenters. The molecule has 1 N–H and O–H groups in total. The normalized spacial score (nSPS) is 10.2. The molecule has 1 amide bonds. The van der Waals surface area contributed by atoms with Crippen molar-refractivity contribution in [1.82, 2.24) is 20.2 Å². The van der Waals surface area contributed by atoms with E-state index >= 15 is 0 Å². The number of carbonyl (C=O) groups is 1. The molecule has 0 saturated heterocycles. The molecule has 118 valence electrons. The first-order valence-electron chi connectivity index (χ1n) is 6.98. The third kappa shape index (κ3) is 3.56. The third-order valence-electron chi connectivity index (χ3n) is 3.14. The van der Waals surface area contributed by atoms with Gasteiger partial charge in [-0.05, 0) is 23.4 Å². The van der Waals surface area contributed by atoms with Crippen LogP contribution in [0.5, 0.6) is 0 Å². The van der Waals surface area contributed by atoms with Crippen molar-refractivity contribution in [2.24, 2.45) is 0 Å². The maximum Gasteiger partial charge on any atom is 0.248 e. The van der Waals surface area contributed by atoms with Gasteiger partial charge in [-0.25, -0.2) is 0 Å². The highest BCUT2D eigenvalue weighted by Gasteiger charge is 2.10. The van der Waals surface area contributed by atoms with E-state index in [-0.39, 0.29) is 17.5 Å². The van der Waals surface area contributed by atoms with E-state index < -0.39 is 0 Å². The van der Waals surface area contributed by atoms with E-state index in [1.807, 2.05) is 36.4 Å². The molecule has 0 spiro atoms. The lowest BCUT2D eigenvalue weighted by molar-refractivity contribution is -0.117. The Morgan fingerprint density at radius 2 is 2.04 bits per heavy atom. The van der Waals surface area contributed by atoms with Crippen LogP contribution in [0.2, 0.25) is 5.02 Å². The van der Waals surface area contributed by atoms with Gasteiger partial charge in [0.05, 0.1) is 10.6 Å². The van der Waals surface area contributed by atoms with E-state index in [9.17, 15) is 4.79 Å². The van der Waals surface area contributed by atoms with Gasteiger partial charge in [0.25, 0.3) is 0 Å². The van der Waals surface area contributed by atoms with Crippen LogP contribution >= 0.6 is 11.6 Å². The molecule has 7 nitrogen and oxygen atoms in total. The van der Waals surface area contributed by atoms with Gasteiger partial charge < -0.3 is 5.32 Å². The molecule has 0 saturated carbocycles. The number of tetrazole rings is 1. The Kier molecular flexibility index (Phi) is 4.50. The first-order valence-corrected chi connectivity index (χ1v) is 7.36. The minimum Gasteiger partial charge on any atom is -0.324 e. The Bertz CT molecular complexity index is 916. The van der Waals surface area contributed by atoms with Gasteiger partial charge in [0.15, 0.2) is 0 Å². The van der Waals surface area contributed by atoms with E-state index in [0.29, 0.717) is 17.1 Å². The fourth-order valence-electron chi connectivity index (χ4n) is 2.03. The lowest BCUT2D eigenvalue weighted by Gasteiger charge is -2.05. The van der Waals surface area contributed by atoms with E-state index in [0.717, 1.165) is 5.56 Å². The first kappa shape index (κ1) is 15.6. The number of anilines is 1. The molecule has 2 aromatic carbocycles. The molecule has 0 aliphatic heterocycles. The van der Waals surface area contributed by atoms with Gasteiger partial charge in [0.1, 0.15) is 12.6 Å². The van der Waals surface area contributed by atoms with Crippen LogP contribution in [0.3, 0.4) is 0 Å². The monoisotopic (exact) mass is 338 g/mol. The van der Waals surface area contributed by atoms with Crippen LogP contribution < -0.4 is 5.32 Å². The molecule has 0 aliphatic rings. The lowest BCUT2D eigenvalue weighted by atomic mass is 10.2. The van der Waals surface area contributed by atoms with Crippen LogP contribution in [0.1, 0.15) is 5.56 Å². The molecule has 1 aromatic heterocycles. The van der Waals surface area contributed by atoms with Crippen LogP contribution in [0.15, 0.2) is 48.5 Å². The summed E-state index contributed by atoms with van der Waals surface area (Å²) in [6, 6.07) is 16.0. The molecule has 24 heavy (non-hydrogen) atoms. The van der Waals surface area contributed by atoms with Gasteiger partial charge in [-0.3, -0.25) is 4.79 Å². The fraction of sp³-hybridized carbons (Fsp3) is 0.0625. The van der Waals surface area contributed by atoms with Crippen molar-refractivity contribution < 1.29 is 4.79 Å². The number of nitriles is 1. The Labute approximate surface area is 142 Å². The quantitative estimate of drug-likeness (QED) is 0.788. The van der Waals surface area contributed by atoms with Crippen molar-refractivity contribution in [2.75, 3.05) is 5.32 Å². The SMILES string of the molecule is N#Cc1ccc(NC(=O)Cn2nnc(-c3ccccc3)n2)cc1Cl. The number of benzene rings is 2. The van der Waals surface area contributed by atoms with Crippen molar-refractivity contribution >= 4 is 23.2 Å². The van der Waals surface area contributed by atoms with Crippen LogP contribution in [0.4, 0.5) is 5.69 Å². The zero-order valence-electron chi connectivity index (χ0n) is 12.3. The molecule has 0 atom stereocenters. The largest absolute Gasteiger partial charge is 0.324 e. The molecule has 0 fully saturated rings. The van der Waals surface area contributed by atoms with Crippen molar-refractivity contribution in [3.63, 3.8) is 0 Å². The van der Waals surface area contributed by atoms with Gasteiger partial charge in [-0.15, -0.1) is 10.2 Å². The summed E-state index contributed by atoms with van der Waals surface area (Å²) < 4.78 is 0. The van der Waals surface area contributed by atoms with Crippen LogP contribution in [-0.4, -0.2) is 26.1 Å². The average molecular weight is 339 g/mol. The number of amides is 1. The van der Waals surface area contributed by atoms with Crippen LogP contribution in [0.25, 0.3) is 11.4 Å². The summed E-state index contributed by atoms with van der Waals surface area (Å²) in [7, 11) is 0. The number of rotatable bonds is 4. The van der Waals surface area contributed by atoms with Gasteiger partial charge in [-0.1, -0.05) is 41.9 Å². The second-order valence-electron chi connectivity index (χ2n) is 4.86. The minimum absolute atomic E-state index is 0.0859. The van der Waals surface area contributed by atoms with Gasteiger partial charge in [-0.2, -0.15) is 10.1 Å². The number of aromatic nitrogens is 4. The smallest absolute Gasteiger partial charge is 0.248 e. The van der Waals surface area contributed by atoms with Crippen molar-refractivity contribution in [1.29, 1.82) is 5.26 Å². The van der Waals surface area contributed by atoms with Crippen LogP contribution in [-0.2, 0) is 11.3 Å². The summed E-state index contributed by atoms with van der Waals surface area (Å²) in [5.41, 5.74) is 1.66. The summed E-state index contributed by atoms with van der Waals surface area (Å²) in [4.78, 5) is 13.3. The predicted molar refractivity (Wildman–Crippen MR) is 88.0 cm³/mol. The molecule has 0 aliphatic carbocycles. The number of hydrogen-bond acceptors (Lipinski definition) is 5. The predicted octanol–water partition coefficient (Wildman–Crippen LogP) is 2.50. The van der Waals surface area contributed by atoms with Gasteiger partial charge in [0.2, 0.25) is 11.7 Å². The average Bonchev–Trinajstić information content (AvgIpc) is 3.04. The van der Waals surface area contributed by atoms with E-state index in [2.05, 4.69) is 20.7 Å². The number of nitrogens with one attached hydrogen (secondary N) is 1. The molecule has 0 radical (unpaired) electrons. The summed E-state index contributed by atoms with van der Waals surface area (Å²) in [5.74, 6) is 0.123. The van der Waals surface area contributed by atoms with E-state index in [1.54, 1.807) is 12.1 Å². The van der Waals surface area contributed by atoms with E-state index in [1.165, 1.54) is 10.9 Å². The second kappa shape index (κ2) is 6.89. The Hall–Kier alpha value is -3.24. The third-order valence-corrected chi connectivity index (χ3v) is 3.46. The Morgan fingerprint density at radius 1 is 1.25 bits per heavy atom. The number of carbonyl (C=O) groups excluding carboxylic acids is 1. The maximum atomic E-state index is 12.0. The van der Waals surface area contributed by atoms with Crippen LogP contribution in [0, 0.1) is 11.3 Å². The second-order valence-corrected chi connectivity index (χ2v) is 5.27. The molecular formula is C16H11ClN6O. The summed E-state index contributed by atoms with van der Waals surface area (Å²) >= 11 is 5.93. The maximum absolute atomic E-state index is 12.0. The van der Waals surface area contributed by atoms with Crippen molar-refractivity contribution in [3.8, 4) is 17.5 Å². The topological polar surface area (TPSA) is 96.5 Å². The molecular weight excluding hydrogens is 328 g/mol. The van der Waals surface area contributed by atoms with Gasteiger partial charge in [0, 0.05) is 11.3 Å². The Balaban J connectivity index is 1.66. The lowest BCUT2D eigenvalue weighted by Crippen LogP contribution is -2.20. The standard InChI is InChI=1S/C16H11ClN6O/c17-14-8-13(7-6-12(14)9-18)19-15(24)10-23-21-16(20-22-23)11-4-2-1-3-5-11/h1-8H,10H2,(H,19,24). The molecule has 8 heteroatoms. The number of nitrogens with zero attached hydrogens (tertiary/aromatic N) is 5. The summed E-state index contributed by atoms with van der Waals surface area (Å²) in [6.45, 7) is -0.0859. The molecule has 3 aromatic rings. The van der Waals surface area contributed by atoms with E-state index in [4.69, 9.17) is 16.9 Å². The summed E-state index contributed by atoms with van der Waals surface area (Å²) in [5, 5.41) is 23.7. The number of halogens is 1. The summed E-state index contributed by atoms with van der Waals surface area (Å²) in [6.07, 6.45) is 0. The number of hydrogen-bond donors (Lipinski definition) is 1. The highest BCUT2D eigenvalue weighted by molar-refractivity contribution is 6.32. The highest BCUT2D eigenvalue weighted by Crippen LogP contribution is 2.20. The zero-order chi connectivity index (χ0) is 16.9. The van der Waals surface area contributed by atoms with Crippen molar-refractivity contribution in [2.45, 2.75) is 6.54 Å². The molecule has 1 heterocycles. The zero-order valence-corrected chi connectivity index (χ0v) is 13.1. The fourth-order valence-corrected chi connectivity index (χ4v) is 2.25. The van der Waals surface area contributed by atoms with Crippen molar-refractivity contribution in [3.05, 3.63) is 59.1 Å². The molecule has 0 bridgehead atoms. The Morgan fingerprint density at radius 3 is 2.75 bits per heavy atom. The minimum atomic E-state index is -0.326. The van der Waals surface area contributed by atoms with Gasteiger partial charge >= 0.3 is 0 Å². The first-order chi connectivity index (χ1) is 11.7. The molecule has 3 rings (SSSR count).